The van der Waals surface area contributed by atoms with Gasteiger partial charge in [0.05, 0.1) is 12.0 Å². The first-order valence-corrected chi connectivity index (χ1v) is 8.94. The lowest BCUT2D eigenvalue weighted by molar-refractivity contribution is -0.115. The summed E-state index contributed by atoms with van der Waals surface area (Å²) in [6.45, 7) is 0. The number of amidine groups is 1. The Labute approximate surface area is 155 Å². The zero-order valence-corrected chi connectivity index (χ0v) is 15.2. The molecule has 26 heavy (non-hydrogen) atoms. The molecular formula is C20H17N3O2S. The molecule has 0 spiro atoms. The number of amides is 1. The average Bonchev–Trinajstić information content (AvgIpc) is 3.16. The van der Waals surface area contributed by atoms with Crippen LogP contribution in [-0.4, -0.2) is 22.8 Å². The number of aryl methyl sites for hydroxylation is 1. The predicted molar refractivity (Wildman–Crippen MR) is 107 cm³/mol. The third kappa shape index (κ3) is 2.99. The Kier molecular flexibility index (Phi) is 4.26. The summed E-state index contributed by atoms with van der Waals surface area (Å²) in [5.74, 6) is 0.526. The lowest BCUT2D eigenvalue weighted by Gasteiger charge is -2.03. The SMILES string of the molecule is COc1ccccc1N=C1NC(=O)/C(=C\c2cn(C)c3ccccc23)S1. The van der Waals surface area contributed by atoms with Crippen molar-refractivity contribution < 1.29 is 9.53 Å². The molecule has 0 atom stereocenters. The van der Waals surface area contributed by atoms with Crippen LogP contribution < -0.4 is 10.1 Å². The highest BCUT2D eigenvalue weighted by Crippen LogP contribution is 2.33. The van der Waals surface area contributed by atoms with Crippen LogP contribution in [0.3, 0.4) is 0 Å². The van der Waals surface area contributed by atoms with Gasteiger partial charge in [-0.2, -0.15) is 0 Å². The smallest absolute Gasteiger partial charge is 0.264 e. The minimum atomic E-state index is -0.142. The second-order valence-corrected chi connectivity index (χ2v) is 6.90. The number of benzene rings is 2. The normalized spacial score (nSPS) is 17.2. The summed E-state index contributed by atoms with van der Waals surface area (Å²) in [5, 5.41) is 4.49. The van der Waals surface area contributed by atoms with E-state index in [1.54, 1.807) is 7.11 Å². The Morgan fingerprint density at radius 1 is 1.15 bits per heavy atom. The Morgan fingerprint density at radius 2 is 1.92 bits per heavy atom. The van der Waals surface area contributed by atoms with E-state index in [9.17, 15) is 4.79 Å². The largest absolute Gasteiger partial charge is 0.494 e. The number of aromatic nitrogens is 1. The van der Waals surface area contributed by atoms with Gasteiger partial charge in [0.25, 0.3) is 5.91 Å². The van der Waals surface area contributed by atoms with E-state index < -0.39 is 0 Å². The highest BCUT2D eigenvalue weighted by Gasteiger charge is 2.24. The monoisotopic (exact) mass is 363 g/mol. The van der Waals surface area contributed by atoms with Crippen LogP contribution in [0.2, 0.25) is 0 Å². The van der Waals surface area contributed by atoms with Gasteiger partial charge in [-0.25, -0.2) is 4.99 Å². The Balaban J connectivity index is 1.68. The Morgan fingerprint density at radius 3 is 2.77 bits per heavy atom. The van der Waals surface area contributed by atoms with Gasteiger partial charge in [-0.3, -0.25) is 4.79 Å². The summed E-state index contributed by atoms with van der Waals surface area (Å²) in [6.07, 6.45) is 3.94. The summed E-state index contributed by atoms with van der Waals surface area (Å²) in [7, 11) is 3.60. The molecule has 0 radical (unpaired) electrons. The number of hydrogen-bond donors (Lipinski definition) is 1. The van der Waals surface area contributed by atoms with Crippen molar-refractivity contribution in [1.82, 2.24) is 9.88 Å². The van der Waals surface area contributed by atoms with E-state index in [0.717, 1.165) is 16.5 Å². The molecule has 6 heteroatoms. The lowest BCUT2D eigenvalue weighted by atomic mass is 10.1. The quantitative estimate of drug-likeness (QED) is 0.714. The van der Waals surface area contributed by atoms with Crippen molar-refractivity contribution in [2.45, 2.75) is 0 Å². The van der Waals surface area contributed by atoms with Crippen molar-refractivity contribution in [2.75, 3.05) is 7.11 Å². The van der Waals surface area contributed by atoms with Crippen LogP contribution in [0.5, 0.6) is 5.75 Å². The average molecular weight is 363 g/mol. The maximum atomic E-state index is 12.4. The van der Waals surface area contributed by atoms with E-state index >= 15 is 0 Å². The number of thioether (sulfide) groups is 1. The minimum Gasteiger partial charge on any atom is -0.494 e. The van der Waals surface area contributed by atoms with Crippen molar-refractivity contribution >= 4 is 45.5 Å². The molecule has 3 aromatic rings. The van der Waals surface area contributed by atoms with Crippen LogP contribution in [-0.2, 0) is 11.8 Å². The number of methoxy groups -OCH3 is 1. The van der Waals surface area contributed by atoms with Gasteiger partial charge in [0.15, 0.2) is 5.17 Å². The van der Waals surface area contributed by atoms with Crippen LogP contribution in [0.25, 0.3) is 17.0 Å². The number of fused-ring (bicyclic) bond motifs is 1. The molecule has 1 N–H and O–H groups in total. The van der Waals surface area contributed by atoms with E-state index in [1.165, 1.54) is 11.8 Å². The van der Waals surface area contributed by atoms with Gasteiger partial charge < -0.3 is 14.6 Å². The van der Waals surface area contributed by atoms with Crippen molar-refractivity contribution in [1.29, 1.82) is 0 Å². The maximum Gasteiger partial charge on any atom is 0.264 e. The predicted octanol–water partition coefficient (Wildman–Crippen LogP) is 4.08. The van der Waals surface area contributed by atoms with Crippen LogP contribution in [0.1, 0.15) is 5.56 Å². The van der Waals surface area contributed by atoms with Gasteiger partial charge in [0, 0.05) is 29.7 Å². The van der Waals surface area contributed by atoms with Crippen LogP contribution in [0, 0.1) is 0 Å². The van der Waals surface area contributed by atoms with Crippen LogP contribution in [0.15, 0.2) is 64.6 Å². The van der Waals surface area contributed by atoms with Crippen LogP contribution in [0.4, 0.5) is 5.69 Å². The lowest BCUT2D eigenvalue weighted by Crippen LogP contribution is -2.19. The molecule has 4 rings (SSSR count). The van der Waals surface area contributed by atoms with Crippen molar-refractivity contribution in [3.8, 4) is 5.75 Å². The van der Waals surface area contributed by atoms with Gasteiger partial charge in [0.1, 0.15) is 11.4 Å². The fourth-order valence-electron chi connectivity index (χ4n) is 2.94. The van der Waals surface area contributed by atoms with Crippen molar-refractivity contribution in [3.63, 3.8) is 0 Å². The van der Waals surface area contributed by atoms with Gasteiger partial charge >= 0.3 is 0 Å². The minimum absolute atomic E-state index is 0.142. The number of hydrogen-bond acceptors (Lipinski definition) is 4. The topological polar surface area (TPSA) is 55.6 Å². The van der Waals surface area contributed by atoms with E-state index in [2.05, 4.69) is 27.0 Å². The first kappa shape index (κ1) is 16.5. The molecule has 1 aromatic heterocycles. The first-order chi connectivity index (χ1) is 12.7. The summed E-state index contributed by atoms with van der Waals surface area (Å²) in [5.41, 5.74) is 2.83. The fraction of sp³-hybridized carbons (Fsp3) is 0.100. The third-order valence-electron chi connectivity index (χ3n) is 4.17. The Hall–Kier alpha value is -2.99. The zero-order chi connectivity index (χ0) is 18.1. The molecule has 0 saturated carbocycles. The van der Waals surface area contributed by atoms with E-state index in [0.29, 0.717) is 21.5 Å². The molecule has 2 heterocycles. The summed E-state index contributed by atoms with van der Waals surface area (Å²) in [6, 6.07) is 15.6. The molecule has 1 aliphatic heterocycles. The number of carbonyl (C=O) groups is 1. The molecule has 1 amide bonds. The maximum absolute atomic E-state index is 12.4. The van der Waals surface area contributed by atoms with E-state index in [4.69, 9.17) is 4.74 Å². The van der Waals surface area contributed by atoms with Crippen molar-refractivity contribution in [2.24, 2.45) is 12.0 Å². The first-order valence-electron chi connectivity index (χ1n) is 8.12. The molecular weight excluding hydrogens is 346 g/mol. The highest BCUT2D eigenvalue weighted by atomic mass is 32.2. The Bertz CT molecular complexity index is 1070. The fourth-order valence-corrected chi connectivity index (χ4v) is 3.77. The summed E-state index contributed by atoms with van der Waals surface area (Å²) >= 11 is 1.33. The number of rotatable bonds is 3. The second-order valence-electron chi connectivity index (χ2n) is 5.87. The molecule has 130 valence electrons. The standard InChI is InChI=1S/C20H17N3O2S/c1-23-12-13(14-7-3-5-9-16(14)23)11-18-19(24)22-20(26-18)21-15-8-4-6-10-17(15)25-2/h3-12H,1-2H3,(H,21,22,24)/b18-11+. The molecule has 0 bridgehead atoms. The molecule has 2 aromatic carbocycles. The summed E-state index contributed by atoms with van der Waals surface area (Å²) in [4.78, 5) is 17.5. The number of nitrogens with zero attached hydrogens (tertiary/aromatic N) is 2. The number of nitrogens with one attached hydrogen (secondary N) is 1. The van der Waals surface area contributed by atoms with E-state index in [1.807, 2.05) is 55.7 Å². The number of aliphatic imine (C=N–C) groups is 1. The third-order valence-corrected chi connectivity index (χ3v) is 5.08. The molecule has 0 unspecified atom stereocenters. The van der Waals surface area contributed by atoms with Gasteiger partial charge in [0.2, 0.25) is 0 Å². The number of para-hydroxylation sites is 3. The van der Waals surface area contributed by atoms with Crippen LogP contribution >= 0.6 is 11.8 Å². The van der Waals surface area contributed by atoms with Crippen molar-refractivity contribution in [3.05, 3.63) is 65.2 Å². The summed E-state index contributed by atoms with van der Waals surface area (Å²) < 4.78 is 7.37. The number of ether oxygens (including phenoxy) is 1. The van der Waals surface area contributed by atoms with Gasteiger partial charge in [-0.05, 0) is 36.0 Å². The number of carbonyl (C=O) groups excluding carboxylic acids is 1. The van der Waals surface area contributed by atoms with E-state index in [-0.39, 0.29) is 5.91 Å². The zero-order valence-electron chi connectivity index (χ0n) is 14.4. The molecule has 5 nitrogen and oxygen atoms in total. The molecule has 1 saturated heterocycles. The molecule has 1 aliphatic rings. The highest BCUT2D eigenvalue weighted by molar-refractivity contribution is 8.18. The van der Waals surface area contributed by atoms with Gasteiger partial charge in [-0.15, -0.1) is 0 Å². The second kappa shape index (κ2) is 6.72. The molecule has 1 fully saturated rings. The molecule has 0 aliphatic carbocycles. The van der Waals surface area contributed by atoms with Gasteiger partial charge in [-0.1, -0.05) is 30.3 Å².